The van der Waals surface area contributed by atoms with Crippen LogP contribution in [0.2, 0.25) is 0 Å². The Morgan fingerprint density at radius 2 is 1.81 bits per heavy atom. The summed E-state index contributed by atoms with van der Waals surface area (Å²) in [7, 11) is -3.54. The van der Waals surface area contributed by atoms with Crippen LogP contribution in [0.4, 0.5) is 10.5 Å². The number of cyclic esters (lactones) is 1. The van der Waals surface area contributed by atoms with Gasteiger partial charge in [-0.3, -0.25) is 4.90 Å². The number of rotatable bonds is 6. The van der Waals surface area contributed by atoms with E-state index < -0.39 is 10.0 Å². The Kier molecular flexibility index (Phi) is 6.69. The van der Waals surface area contributed by atoms with Crippen molar-refractivity contribution in [1.29, 1.82) is 0 Å². The number of benzene rings is 2. The molecular weight excluding hydrogens is 480 g/mol. The maximum Gasteiger partial charge on any atom is 0.414 e. The van der Waals surface area contributed by atoms with E-state index in [4.69, 9.17) is 4.74 Å². The van der Waals surface area contributed by atoms with E-state index in [1.807, 2.05) is 30.3 Å². The van der Waals surface area contributed by atoms with Gasteiger partial charge in [0.1, 0.15) is 6.61 Å². The number of carbonyl (C=O) groups excluding carboxylic acids is 1. The fraction of sp³-hybridized carbons (Fsp3) is 0.435. The predicted octanol–water partition coefficient (Wildman–Crippen LogP) is 5.10. The lowest BCUT2D eigenvalue weighted by atomic mass is 10.0. The number of ether oxygens (including phenoxy) is 1. The first-order chi connectivity index (χ1) is 14.9. The summed E-state index contributed by atoms with van der Waals surface area (Å²) in [5.74, 6) is 0. The Hall–Kier alpha value is -1.90. The lowest BCUT2D eigenvalue weighted by molar-refractivity contribution is 0.135. The van der Waals surface area contributed by atoms with Crippen LogP contribution in [0.15, 0.2) is 51.8 Å². The van der Waals surface area contributed by atoms with Gasteiger partial charge in [-0.15, -0.1) is 0 Å². The highest BCUT2D eigenvalue weighted by Gasteiger charge is 2.37. The topological polar surface area (TPSA) is 66.9 Å². The second kappa shape index (κ2) is 9.30. The molecule has 2 aliphatic rings. The summed E-state index contributed by atoms with van der Waals surface area (Å²) < 4.78 is 34.1. The number of halogens is 1. The highest BCUT2D eigenvalue weighted by atomic mass is 79.9. The molecule has 1 fully saturated rings. The molecule has 0 aliphatic carbocycles. The van der Waals surface area contributed by atoms with Gasteiger partial charge < -0.3 is 4.74 Å². The first-order valence-corrected chi connectivity index (χ1v) is 13.0. The monoisotopic (exact) mass is 506 g/mol. The lowest BCUT2D eigenvalue weighted by Crippen LogP contribution is -2.50. The van der Waals surface area contributed by atoms with Gasteiger partial charge >= 0.3 is 6.09 Å². The minimum absolute atomic E-state index is 0.0874. The molecule has 0 bridgehead atoms. The number of sulfonamides is 1. The third kappa shape index (κ3) is 4.66. The van der Waals surface area contributed by atoms with Gasteiger partial charge in [-0.2, -0.15) is 4.31 Å². The molecular formula is C23H27BrN2O4S. The van der Waals surface area contributed by atoms with E-state index in [9.17, 15) is 13.2 Å². The van der Waals surface area contributed by atoms with E-state index in [2.05, 4.69) is 22.9 Å². The van der Waals surface area contributed by atoms with Crippen molar-refractivity contribution in [3.05, 3.63) is 58.1 Å². The fourth-order valence-corrected chi connectivity index (χ4v) is 6.13. The largest absolute Gasteiger partial charge is 0.444 e. The molecule has 0 saturated carbocycles. The number of amides is 1. The van der Waals surface area contributed by atoms with Gasteiger partial charge in [0.2, 0.25) is 10.0 Å². The zero-order valence-electron chi connectivity index (χ0n) is 17.6. The fourth-order valence-electron chi connectivity index (χ4n) is 4.26. The van der Waals surface area contributed by atoms with Gasteiger partial charge in [-0.05, 0) is 61.6 Å². The Labute approximate surface area is 192 Å². The van der Waals surface area contributed by atoms with Gasteiger partial charge in [0.25, 0.3) is 0 Å². The van der Waals surface area contributed by atoms with Gasteiger partial charge in [0.05, 0.1) is 10.6 Å². The third-order valence-corrected chi connectivity index (χ3v) is 8.42. The van der Waals surface area contributed by atoms with Crippen LogP contribution < -0.4 is 4.90 Å². The molecule has 31 heavy (non-hydrogen) atoms. The van der Waals surface area contributed by atoms with Crippen molar-refractivity contribution in [2.75, 3.05) is 18.0 Å². The number of aryl methyl sites for hydroxylation is 1. The molecule has 6 nitrogen and oxygen atoms in total. The van der Waals surface area contributed by atoms with E-state index in [1.165, 1.54) is 4.31 Å². The van der Waals surface area contributed by atoms with Crippen molar-refractivity contribution in [3.63, 3.8) is 0 Å². The Morgan fingerprint density at radius 3 is 2.48 bits per heavy atom. The number of fused-ring (bicyclic) bond motifs is 1. The summed E-state index contributed by atoms with van der Waals surface area (Å²) in [6.45, 7) is 3.15. The Bertz CT molecular complexity index is 1050. The van der Waals surface area contributed by atoms with Crippen LogP contribution in [-0.4, -0.2) is 37.9 Å². The smallest absolute Gasteiger partial charge is 0.414 e. The highest BCUT2D eigenvalue weighted by molar-refractivity contribution is 9.10. The number of hydrogen-bond acceptors (Lipinski definition) is 4. The van der Waals surface area contributed by atoms with Gasteiger partial charge in [0.15, 0.2) is 0 Å². The Morgan fingerprint density at radius 1 is 1.10 bits per heavy atom. The zero-order valence-corrected chi connectivity index (χ0v) is 20.0. The molecule has 0 radical (unpaired) electrons. The lowest BCUT2D eigenvalue weighted by Gasteiger charge is -2.39. The van der Waals surface area contributed by atoms with Crippen molar-refractivity contribution in [2.24, 2.45) is 0 Å². The Balaban J connectivity index is 1.45. The number of carbonyl (C=O) groups is 1. The third-order valence-electron chi connectivity index (χ3n) is 6.02. The van der Waals surface area contributed by atoms with Gasteiger partial charge in [0, 0.05) is 29.2 Å². The summed E-state index contributed by atoms with van der Waals surface area (Å²) >= 11 is 3.46. The number of nitrogens with zero attached hydrogens (tertiary/aromatic N) is 2. The molecule has 4 rings (SSSR count). The number of hydrogen-bond donors (Lipinski definition) is 0. The zero-order chi connectivity index (χ0) is 22.0. The maximum absolute atomic E-state index is 13.1. The number of unbranched alkanes of at least 4 members (excludes halogenated alkanes) is 1. The molecule has 0 spiro atoms. The van der Waals surface area contributed by atoms with E-state index in [1.54, 1.807) is 17.0 Å². The SMILES string of the molecule is CCCCc1ccc(S(=O)(=O)N2CCC(N3C(=O)OCc4cc(Br)ccc43)CC2)cc1. The molecule has 8 heteroatoms. The predicted molar refractivity (Wildman–Crippen MR) is 124 cm³/mol. The molecule has 2 heterocycles. The molecule has 2 aromatic carbocycles. The van der Waals surface area contributed by atoms with E-state index in [0.717, 1.165) is 40.5 Å². The van der Waals surface area contributed by atoms with Crippen molar-refractivity contribution >= 4 is 37.7 Å². The first-order valence-electron chi connectivity index (χ1n) is 10.7. The molecule has 2 aromatic rings. The van der Waals surface area contributed by atoms with Crippen LogP contribution in [0.5, 0.6) is 0 Å². The molecule has 0 unspecified atom stereocenters. The second-order valence-electron chi connectivity index (χ2n) is 8.08. The van der Waals surface area contributed by atoms with E-state index in [0.29, 0.717) is 30.8 Å². The van der Waals surface area contributed by atoms with Crippen LogP contribution in [0.25, 0.3) is 0 Å². The van der Waals surface area contributed by atoms with E-state index >= 15 is 0 Å². The van der Waals surface area contributed by atoms with Crippen LogP contribution in [0.3, 0.4) is 0 Å². The van der Waals surface area contributed by atoms with E-state index in [-0.39, 0.29) is 18.7 Å². The standard InChI is InChI=1S/C23H27BrN2O4S/c1-2-3-4-17-5-8-21(9-6-17)31(28,29)25-13-11-20(12-14-25)26-22-10-7-19(24)15-18(22)16-30-23(26)27/h5-10,15,20H,2-4,11-14,16H2,1H3. The minimum Gasteiger partial charge on any atom is -0.444 e. The first kappa shape index (κ1) is 22.3. The summed E-state index contributed by atoms with van der Waals surface area (Å²) in [5.41, 5.74) is 2.96. The van der Waals surface area contributed by atoms with Crippen molar-refractivity contribution in [3.8, 4) is 0 Å². The summed E-state index contributed by atoms with van der Waals surface area (Å²) in [5, 5.41) is 0. The van der Waals surface area contributed by atoms with Crippen molar-refractivity contribution in [1.82, 2.24) is 4.31 Å². The molecule has 2 aliphatic heterocycles. The van der Waals surface area contributed by atoms with Crippen LogP contribution >= 0.6 is 15.9 Å². The number of anilines is 1. The molecule has 0 atom stereocenters. The molecule has 0 aromatic heterocycles. The normalized spacial score (nSPS) is 18.0. The molecule has 0 N–H and O–H groups in total. The number of piperidine rings is 1. The molecule has 1 amide bonds. The van der Waals surface area contributed by atoms with Crippen molar-refractivity contribution < 1.29 is 17.9 Å². The maximum atomic E-state index is 13.1. The highest BCUT2D eigenvalue weighted by Crippen LogP contribution is 2.34. The van der Waals surface area contributed by atoms with Gasteiger partial charge in [-0.25, -0.2) is 13.2 Å². The average molecular weight is 507 g/mol. The van der Waals surface area contributed by atoms with Crippen LogP contribution in [-0.2, 0) is 27.8 Å². The molecule has 166 valence electrons. The summed E-state index contributed by atoms with van der Waals surface area (Å²) in [6, 6.07) is 12.9. The van der Waals surface area contributed by atoms with Crippen molar-refractivity contribution in [2.45, 2.75) is 56.6 Å². The minimum atomic E-state index is -3.54. The summed E-state index contributed by atoms with van der Waals surface area (Å²) in [6.07, 6.45) is 3.95. The van der Waals surface area contributed by atoms with Crippen LogP contribution in [0, 0.1) is 0 Å². The quantitative estimate of drug-likeness (QED) is 0.546. The second-order valence-corrected chi connectivity index (χ2v) is 10.9. The van der Waals surface area contributed by atoms with Crippen LogP contribution in [0.1, 0.15) is 43.7 Å². The summed E-state index contributed by atoms with van der Waals surface area (Å²) in [4.78, 5) is 14.5. The average Bonchev–Trinajstić information content (AvgIpc) is 2.78. The molecule has 1 saturated heterocycles. The van der Waals surface area contributed by atoms with Gasteiger partial charge in [-0.1, -0.05) is 41.4 Å².